The second-order valence-corrected chi connectivity index (χ2v) is 9.20. The highest BCUT2D eigenvalue weighted by Gasteiger charge is 2.38. The first-order valence-electron chi connectivity index (χ1n) is 12.3. The molecule has 3 N–H and O–H groups in total. The molecular formula is C26H37NO7. The van der Waals surface area contributed by atoms with Gasteiger partial charge in [-0.3, -0.25) is 4.79 Å². The standard InChI is InChI=1S/C26H37NO7/c1-17(11-7-5-3-4-6-8-14-24(29)30)32-26-22(28)15-23(18(2)33-26)34-25(31)20-16-27-21-13-10-9-12-19(20)21/h9-10,12-13,16-18,22-23,26-28H,3-8,11,14-15H2,1-2H3,(H,29,30)/t17-,18+,22-,23-,26-/m1/s1. The molecule has 1 aliphatic heterocycles. The number of aromatic nitrogens is 1. The number of aliphatic hydroxyl groups excluding tert-OH is 1. The number of esters is 1. The molecule has 1 aromatic carbocycles. The van der Waals surface area contributed by atoms with Crippen molar-refractivity contribution in [1.29, 1.82) is 0 Å². The van der Waals surface area contributed by atoms with Crippen molar-refractivity contribution in [3.8, 4) is 0 Å². The molecule has 1 saturated heterocycles. The highest BCUT2D eigenvalue weighted by Crippen LogP contribution is 2.27. The molecule has 1 aliphatic rings. The Balaban J connectivity index is 1.37. The first kappa shape index (κ1) is 26.2. The fourth-order valence-electron chi connectivity index (χ4n) is 4.35. The van der Waals surface area contributed by atoms with Crippen LogP contribution in [0.4, 0.5) is 0 Å². The van der Waals surface area contributed by atoms with E-state index in [1.54, 1.807) is 6.20 Å². The number of hydrogen-bond donors (Lipinski definition) is 3. The molecule has 8 nitrogen and oxygen atoms in total. The molecule has 5 atom stereocenters. The molecule has 1 aromatic heterocycles. The molecule has 0 aliphatic carbocycles. The maximum atomic E-state index is 12.7. The molecule has 0 spiro atoms. The Morgan fingerprint density at radius 2 is 1.85 bits per heavy atom. The lowest BCUT2D eigenvalue weighted by atomic mass is 10.0. The number of aliphatic hydroxyl groups is 1. The van der Waals surface area contributed by atoms with Crippen molar-refractivity contribution in [2.75, 3.05) is 0 Å². The van der Waals surface area contributed by atoms with Gasteiger partial charge in [-0.05, 0) is 32.8 Å². The number of H-pyrrole nitrogens is 1. The average Bonchev–Trinajstić information content (AvgIpc) is 3.23. The molecule has 0 bridgehead atoms. The minimum absolute atomic E-state index is 0.0656. The van der Waals surface area contributed by atoms with Crippen molar-refractivity contribution in [2.45, 2.75) is 102 Å². The average molecular weight is 476 g/mol. The quantitative estimate of drug-likeness (QED) is 0.281. The van der Waals surface area contributed by atoms with E-state index in [1.807, 2.05) is 38.1 Å². The second-order valence-electron chi connectivity index (χ2n) is 9.20. The lowest BCUT2D eigenvalue weighted by Crippen LogP contribution is -2.49. The summed E-state index contributed by atoms with van der Waals surface area (Å²) in [5.41, 5.74) is 1.33. The van der Waals surface area contributed by atoms with Crippen molar-refractivity contribution in [2.24, 2.45) is 0 Å². The third-order valence-corrected chi connectivity index (χ3v) is 6.35. The maximum Gasteiger partial charge on any atom is 0.340 e. The van der Waals surface area contributed by atoms with Gasteiger partial charge >= 0.3 is 11.9 Å². The highest BCUT2D eigenvalue weighted by atomic mass is 16.7. The number of nitrogens with one attached hydrogen (secondary N) is 1. The number of unbranched alkanes of at least 4 members (excludes halogenated alkanes) is 5. The zero-order valence-corrected chi connectivity index (χ0v) is 20.1. The van der Waals surface area contributed by atoms with Gasteiger partial charge in [0.1, 0.15) is 12.2 Å². The van der Waals surface area contributed by atoms with E-state index in [9.17, 15) is 14.7 Å². The van der Waals surface area contributed by atoms with Gasteiger partial charge in [0.05, 0.1) is 17.8 Å². The van der Waals surface area contributed by atoms with E-state index in [0.29, 0.717) is 5.56 Å². The first-order chi connectivity index (χ1) is 16.3. The molecule has 0 unspecified atom stereocenters. The summed E-state index contributed by atoms with van der Waals surface area (Å²) in [4.78, 5) is 26.3. The van der Waals surface area contributed by atoms with Crippen LogP contribution in [0.2, 0.25) is 0 Å². The molecule has 8 heteroatoms. The number of carboxylic acid groups (broad SMARTS) is 1. The van der Waals surface area contributed by atoms with Gasteiger partial charge in [-0.15, -0.1) is 0 Å². The number of carbonyl (C=O) groups is 2. The summed E-state index contributed by atoms with van der Waals surface area (Å²) < 4.78 is 17.5. The number of benzene rings is 1. The van der Waals surface area contributed by atoms with Crippen molar-refractivity contribution in [3.05, 3.63) is 36.0 Å². The predicted octanol–water partition coefficient (Wildman–Crippen LogP) is 4.80. The van der Waals surface area contributed by atoms with Gasteiger partial charge in [0, 0.05) is 29.9 Å². The van der Waals surface area contributed by atoms with E-state index in [1.165, 1.54) is 0 Å². The number of aliphatic carboxylic acids is 1. The van der Waals surface area contributed by atoms with Gasteiger partial charge in [-0.25, -0.2) is 4.79 Å². The van der Waals surface area contributed by atoms with Gasteiger partial charge < -0.3 is 29.4 Å². The van der Waals surface area contributed by atoms with Crippen LogP contribution in [0.1, 0.15) is 82.0 Å². The third-order valence-electron chi connectivity index (χ3n) is 6.35. The zero-order chi connectivity index (χ0) is 24.5. The van der Waals surface area contributed by atoms with E-state index in [0.717, 1.165) is 55.8 Å². The van der Waals surface area contributed by atoms with E-state index in [-0.39, 0.29) is 18.9 Å². The van der Waals surface area contributed by atoms with Crippen LogP contribution in [-0.2, 0) is 19.0 Å². The molecular weight excluding hydrogens is 438 g/mol. The molecule has 3 rings (SSSR count). The molecule has 2 heterocycles. The highest BCUT2D eigenvalue weighted by molar-refractivity contribution is 6.04. The molecule has 34 heavy (non-hydrogen) atoms. The first-order valence-corrected chi connectivity index (χ1v) is 12.3. The van der Waals surface area contributed by atoms with Crippen LogP contribution in [0.25, 0.3) is 10.9 Å². The van der Waals surface area contributed by atoms with Crippen molar-refractivity contribution in [1.82, 2.24) is 4.98 Å². The SMILES string of the molecule is C[C@H](CCCCCCCCC(=O)O)O[C@@H]1O[C@@H](C)[C@H](OC(=O)c2c[nH]c3ccccc23)C[C@H]1O. The Kier molecular flexibility index (Phi) is 9.92. The number of carbonyl (C=O) groups excluding carboxylic acids is 1. The number of hydrogen-bond acceptors (Lipinski definition) is 6. The van der Waals surface area contributed by atoms with E-state index < -0.39 is 36.5 Å². The summed E-state index contributed by atoms with van der Waals surface area (Å²) in [6.07, 6.45) is 6.22. The lowest BCUT2D eigenvalue weighted by Gasteiger charge is -2.38. The summed E-state index contributed by atoms with van der Waals surface area (Å²) >= 11 is 0. The Bertz CT molecular complexity index is 927. The topological polar surface area (TPSA) is 118 Å². The summed E-state index contributed by atoms with van der Waals surface area (Å²) in [7, 11) is 0. The van der Waals surface area contributed by atoms with Crippen LogP contribution >= 0.6 is 0 Å². The van der Waals surface area contributed by atoms with Gasteiger partial charge in [-0.1, -0.05) is 50.3 Å². The molecule has 0 amide bonds. The molecule has 0 saturated carbocycles. The van der Waals surface area contributed by atoms with Gasteiger partial charge in [-0.2, -0.15) is 0 Å². The maximum absolute atomic E-state index is 12.7. The summed E-state index contributed by atoms with van der Waals surface area (Å²) in [6, 6.07) is 7.53. The van der Waals surface area contributed by atoms with Crippen LogP contribution in [0.15, 0.2) is 30.5 Å². The molecule has 2 aromatic rings. The van der Waals surface area contributed by atoms with Crippen LogP contribution in [0.3, 0.4) is 0 Å². The number of carboxylic acids is 1. The smallest absolute Gasteiger partial charge is 0.340 e. The van der Waals surface area contributed by atoms with Gasteiger partial charge in [0.2, 0.25) is 0 Å². The Labute approximate surface area is 200 Å². The number of para-hydroxylation sites is 1. The number of aromatic amines is 1. The van der Waals surface area contributed by atoms with Crippen molar-refractivity contribution in [3.63, 3.8) is 0 Å². The van der Waals surface area contributed by atoms with E-state index in [2.05, 4.69) is 4.98 Å². The van der Waals surface area contributed by atoms with Crippen molar-refractivity contribution >= 4 is 22.8 Å². The molecule has 188 valence electrons. The number of ether oxygens (including phenoxy) is 3. The third kappa shape index (κ3) is 7.55. The van der Waals surface area contributed by atoms with Crippen LogP contribution < -0.4 is 0 Å². The molecule has 1 fully saturated rings. The second kappa shape index (κ2) is 12.9. The fraction of sp³-hybridized carbons (Fsp3) is 0.615. The number of rotatable bonds is 13. The van der Waals surface area contributed by atoms with Gasteiger partial charge in [0.15, 0.2) is 6.29 Å². The monoisotopic (exact) mass is 475 g/mol. The molecule has 0 radical (unpaired) electrons. The Morgan fingerprint density at radius 3 is 2.62 bits per heavy atom. The fourth-order valence-corrected chi connectivity index (χ4v) is 4.35. The minimum atomic E-state index is -0.881. The number of fused-ring (bicyclic) bond motifs is 1. The summed E-state index contributed by atoms with van der Waals surface area (Å²) in [6.45, 7) is 3.79. The van der Waals surface area contributed by atoms with Crippen LogP contribution in [0.5, 0.6) is 0 Å². The Hall–Kier alpha value is -2.42. The lowest BCUT2D eigenvalue weighted by molar-refractivity contribution is -0.273. The Morgan fingerprint density at radius 1 is 1.15 bits per heavy atom. The van der Waals surface area contributed by atoms with E-state index >= 15 is 0 Å². The zero-order valence-electron chi connectivity index (χ0n) is 20.1. The van der Waals surface area contributed by atoms with Crippen molar-refractivity contribution < 1.29 is 34.0 Å². The summed E-state index contributed by atoms with van der Waals surface area (Å²) in [5.74, 6) is -1.17. The minimum Gasteiger partial charge on any atom is -0.481 e. The summed E-state index contributed by atoms with van der Waals surface area (Å²) in [5, 5.41) is 20.0. The largest absolute Gasteiger partial charge is 0.481 e. The van der Waals surface area contributed by atoms with Gasteiger partial charge in [0.25, 0.3) is 0 Å². The van der Waals surface area contributed by atoms with Crippen LogP contribution in [0, 0.1) is 0 Å². The predicted molar refractivity (Wildman–Crippen MR) is 128 cm³/mol. The van der Waals surface area contributed by atoms with E-state index in [4.69, 9.17) is 19.3 Å². The van der Waals surface area contributed by atoms with Crippen LogP contribution in [-0.4, -0.2) is 57.8 Å². The normalized spacial score (nSPS) is 23.6.